The van der Waals surface area contributed by atoms with Crippen molar-refractivity contribution >= 4 is 21.6 Å². The summed E-state index contributed by atoms with van der Waals surface area (Å²) in [5.41, 5.74) is 0.934. The van der Waals surface area contributed by atoms with Gasteiger partial charge in [-0.05, 0) is 61.4 Å². The van der Waals surface area contributed by atoms with E-state index in [-0.39, 0.29) is 16.9 Å². The van der Waals surface area contributed by atoms with Gasteiger partial charge in [0, 0.05) is 25.8 Å². The number of nitrogens with zero attached hydrogens (tertiary/aromatic N) is 1. The van der Waals surface area contributed by atoms with Gasteiger partial charge in [-0.15, -0.1) is 0 Å². The standard InChI is InChI=1S/C20H24N2O5S/c1-22(28(24,25)19-11-9-17(26-2)10-12-19)16-7-5-15(6-8-16)20(23)21-14-18-4-3-13-27-18/h5-12,18H,3-4,13-14H2,1-2H3,(H,21,23)/t18-/m1/s1. The van der Waals surface area contributed by atoms with E-state index in [4.69, 9.17) is 9.47 Å². The molecule has 1 N–H and O–H groups in total. The fourth-order valence-corrected chi connectivity index (χ4v) is 4.18. The smallest absolute Gasteiger partial charge is 0.264 e. The molecule has 7 nitrogen and oxygen atoms in total. The predicted octanol–water partition coefficient (Wildman–Crippen LogP) is 2.43. The van der Waals surface area contributed by atoms with E-state index < -0.39 is 10.0 Å². The predicted molar refractivity (Wildman–Crippen MR) is 106 cm³/mol. The van der Waals surface area contributed by atoms with E-state index >= 15 is 0 Å². The number of sulfonamides is 1. The van der Waals surface area contributed by atoms with Crippen molar-refractivity contribution in [2.75, 3.05) is 31.6 Å². The van der Waals surface area contributed by atoms with Gasteiger partial charge in [-0.2, -0.15) is 0 Å². The van der Waals surface area contributed by atoms with Crippen molar-refractivity contribution in [1.82, 2.24) is 5.32 Å². The van der Waals surface area contributed by atoms with Gasteiger partial charge in [-0.25, -0.2) is 8.42 Å². The zero-order valence-corrected chi connectivity index (χ0v) is 16.7. The maximum atomic E-state index is 12.8. The maximum Gasteiger partial charge on any atom is 0.264 e. The molecule has 2 aromatic rings. The summed E-state index contributed by atoms with van der Waals surface area (Å²) in [4.78, 5) is 12.4. The Balaban J connectivity index is 1.68. The summed E-state index contributed by atoms with van der Waals surface area (Å²) in [6.45, 7) is 1.22. The number of methoxy groups -OCH3 is 1. The van der Waals surface area contributed by atoms with Crippen LogP contribution >= 0.6 is 0 Å². The van der Waals surface area contributed by atoms with E-state index in [9.17, 15) is 13.2 Å². The highest BCUT2D eigenvalue weighted by Gasteiger charge is 2.22. The Labute approximate surface area is 165 Å². The summed E-state index contributed by atoms with van der Waals surface area (Å²) in [6, 6.07) is 12.6. The van der Waals surface area contributed by atoms with Crippen molar-refractivity contribution in [2.45, 2.75) is 23.8 Å². The molecule has 0 saturated carbocycles. The second-order valence-corrected chi connectivity index (χ2v) is 8.51. The van der Waals surface area contributed by atoms with Crippen molar-refractivity contribution in [3.8, 4) is 5.75 Å². The third-order valence-electron chi connectivity index (χ3n) is 4.73. The van der Waals surface area contributed by atoms with Crippen LogP contribution in [0.1, 0.15) is 23.2 Å². The van der Waals surface area contributed by atoms with Crippen LogP contribution in [-0.4, -0.2) is 47.7 Å². The largest absolute Gasteiger partial charge is 0.497 e. The second kappa shape index (κ2) is 8.62. The molecule has 1 amide bonds. The van der Waals surface area contributed by atoms with Gasteiger partial charge < -0.3 is 14.8 Å². The Morgan fingerprint density at radius 3 is 2.43 bits per heavy atom. The maximum absolute atomic E-state index is 12.8. The molecule has 0 unspecified atom stereocenters. The number of ether oxygens (including phenoxy) is 2. The summed E-state index contributed by atoms with van der Waals surface area (Å²) in [7, 11) is -0.711. The minimum absolute atomic E-state index is 0.0731. The normalized spacial score (nSPS) is 16.6. The van der Waals surface area contributed by atoms with Crippen LogP contribution in [0.3, 0.4) is 0 Å². The molecule has 3 rings (SSSR count). The van der Waals surface area contributed by atoms with Crippen LogP contribution in [0, 0.1) is 0 Å². The van der Waals surface area contributed by atoms with Gasteiger partial charge in [0.15, 0.2) is 0 Å². The topological polar surface area (TPSA) is 84.9 Å². The Kier molecular flexibility index (Phi) is 6.21. The quantitative estimate of drug-likeness (QED) is 0.766. The molecule has 0 aliphatic carbocycles. The molecule has 0 aromatic heterocycles. The average Bonchev–Trinajstić information content (AvgIpc) is 3.25. The first-order chi connectivity index (χ1) is 13.4. The summed E-state index contributed by atoms with van der Waals surface area (Å²) >= 11 is 0. The Morgan fingerprint density at radius 2 is 1.86 bits per heavy atom. The molecule has 0 bridgehead atoms. The highest BCUT2D eigenvalue weighted by atomic mass is 32.2. The fraction of sp³-hybridized carbons (Fsp3) is 0.350. The third kappa shape index (κ3) is 4.45. The van der Waals surface area contributed by atoms with Crippen LogP contribution in [0.4, 0.5) is 5.69 Å². The first-order valence-electron chi connectivity index (χ1n) is 9.04. The van der Waals surface area contributed by atoms with Gasteiger partial charge in [-0.3, -0.25) is 9.10 Å². The van der Waals surface area contributed by atoms with Crippen molar-refractivity contribution < 1.29 is 22.7 Å². The SMILES string of the molecule is COc1ccc(S(=O)(=O)N(C)c2ccc(C(=O)NC[C@H]3CCCO3)cc2)cc1. The number of benzene rings is 2. The Hall–Kier alpha value is -2.58. The van der Waals surface area contributed by atoms with Gasteiger partial charge in [0.05, 0.1) is 23.8 Å². The summed E-state index contributed by atoms with van der Waals surface area (Å²) in [5, 5.41) is 2.85. The molecule has 28 heavy (non-hydrogen) atoms. The van der Waals surface area contributed by atoms with Crippen LogP contribution in [0.15, 0.2) is 53.4 Å². The molecule has 1 aliphatic heterocycles. The number of hydrogen-bond donors (Lipinski definition) is 1. The molecule has 1 saturated heterocycles. The number of hydrogen-bond acceptors (Lipinski definition) is 5. The van der Waals surface area contributed by atoms with Gasteiger partial charge in [0.25, 0.3) is 15.9 Å². The van der Waals surface area contributed by atoms with Crippen molar-refractivity contribution in [3.63, 3.8) is 0 Å². The average molecular weight is 404 g/mol. The molecule has 1 heterocycles. The molecule has 150 valence electrons. The van der Waals surface area contributed by atoms with E-state index in [0.29, 0.717) is 23.5 Å². The number of rotatable bonds is 7. The van der Waals surface area contributed by atoms with Gasteiger partial charge in [-0.1, -0.05) is 0 Å². The number of nitrogens with one attached hydrogen (secondary N) is 1. The lowest BCUT2D eigenvalue weighted by Crippen LogP contribution is -2.31. The lowest BCUT2D eigenvalue weighted by Gasteiger charge is -2.20. The molecule has 8 heteroatoms. The molecule has 0 radical (unpaired) electrons. The van der Waals surface area contributed by atoms with Gasteiger partial charge >= 0.3 is 0 Å². The van der Waals surface area contributed by atoms with Gasteiger partial charge in [0.1, 0.15) is 5.75 Å². The first-order valence-corrected chi connectivity index (χ1v) is 10.5. The molecule has 1 aliphatic rings. The first kappa shape index (κ1) is 20.2. The van der Waals surface area contributed by atoms with Crippen molar-refractivity contribution in [1.29, 1.82) is 0 Å². The highest BCUT2D eigenvalue weighted by molar-refractivity contribution is 7.92. The monoisotopic (exact) mass is 404 g/mol. The summed E-state index contributed by atoms with van der Waals surface area (Å²) in [5.74, 6) is 0.377. The van der Waals surface area contributed by atoms with Gasteiger partial charge in [0.2, 0.25) is 0 Å². The van der Waals surface area contributed by atoms with Crippen LogP contribution in [0.2, 0.25) is 0 Å². The Morgan fingerprint density at radius 1 is 1.18 bits per heavy atom. The van der Waals surface area contributed by atoms with E-state index in [0.717, 1.165) is 19.4 Å². The number of carbonyl (C=O) groups excluding carboxylic acids is 1. The van der Waals surface area contributed by atoms with Crippen LogP contribution < -0.4 is 14.4 Å². The number of anilines is 1. The zero-order valence-electron chi connectivity index (χ0n) is 15.9. The minimum Gasteiger partial charge on any atom is -0.497 e. The Bertz CT molecular complexity index is 905. The van der Waals surface area contributed by atoms with Crippen LogP contribution in [0.25, 0.3) is 0 Å². The fourth-order valence-electron chi connectivity index (χ4n) is 2.98. The molecule has 2 aromatic carbocycles. The molecule has 1 atom stereocenters. The summed E-state index contributed by atoms with van der Waals surface area (Å²) < 4.78 is 37.3. The molecular weight excluding hydrogens is 380 g/mol. The number of amides is 1. The van der Waals surface area contributed by atoms with Crippen LogP contribution in [-0.2, 0) is 14.8 Å². The van der Waals surface area contributed by atoms with E-state index in [2.05, 4.69) is 5.32 Å². The lowest BCUT2D eigenvalue weighted by molar-refractivity contribution is 0.0858. The molecule has 0 spiro atoms. The molecular formula is C20H24N2O5S. The third-order valence-corrected chi connectivity index (χ3v) is 6.52. The van der Waals surface area contributed by atoms with E-state index in [1.807, 2.05) is 0 Å². The lowest BCUT2D eigenvalue weighted by atomic mass is 10.2. The number of carbonyl (C=O) groups is 1. The zero-order chi connectivity index (χ0) is 20.1. The highest BCUT2D eigenvalue weighted by Crippen LogP contribution is 2.24. The van der Waals surface area contributed by atoms with Crippen molar-refractivity contribution in [2.24, 2.45) is 0 Å². The molecule has 1 fully saturated rings. The van der Waals surface area contributed by atoms with E-state index in [1.54, 1.807) is 36.4 Å². The second-order valence-electron chi connectivity index (χ2n) is 6.54. The minimum atomic E-state index is -3.71. The van der Waals surface area contributed by atoms with Crippen LogP contribution in [0.5, 0.6) is 5.75 Å². The van der Waals surface area contributed by atoms with E-state index in [1.165, 1.54) is 30.6 Å². The van der Waals surface area contributed by atoms with Crippen molar-refractivity contribution in [3.05, 3.63) is 54.1 Å². The summed E-state index contributed by atoms with van der Waals surface area (Å²) in [6.07, 6.45) is 2.04.